The van der Waals surface area contributed by atoms with Crippen molar-refractivity contribution in [2.75, 3.05) is 0 Å². The Bertz CT molecular complexity index is 285. The fourth-order valence-electron chi connectivity index (χ4n) is 1.95. The average Bonchev–Trinajstić information content (AvgIpc) is 2.14. The predicted octanol–water partition coefficient (Wildman–Crippen LogP) is 5.72. The Kier molecular flexibility index (Phi) is 6.13. The highest BCUT2D eigenvalue weighted by molar-refractivity contribution is 7.43. The summed E-state index contributed by atoms with van der Waals surface area (Å²) in [5, 5.41) is 0. The molecule has 0 fully saturated rings. The molecular formula is C14H36Si4. The van der Waals surface area contributed by atoms with Gasteiger partial charge in [-0.15, -0.1) is 12.3 Å². The molecule has 18 heavy (non-hydrogen) atoms. The lowest BCUT2D eigenvalue weighted by atomic mass is 10.6. The molecule has 108 valence electrons. The van der Waals surface area contributed by atoms with Crippen LogP contribution in [0.2, 0.25) is 71.0 Å². The van der Waals surface area contributed by atoms with Crippen LogP contribution < -0.4 is 0 Å². The third-order valence-electron chi connectivity index (χ3n) is 5.89. The Morgan fingerprint density at radius 3 is 1.44 bits per heavy atom. The summed E-state index contributed by atoms with van der Waals surface area (Å²) in [6.45, 7) is 27.3. The molecule has 0 spiro atoms. The van der Waals surface area contributed by atoms with Crippen molar-refractivity contribution in [3.8, 4) is 0 Å². The monoisotopic (exact) mass is 316 g/mol. The molecule has 0 N–H and O–H groups in total. The van der Waals surface area contributed by atoms with Crippen molar-refractivity contribution in [2.24, 2.45) is 0 Å². The van der Waals surface area contributed by atoms with Crippen LogP contribution in [0.3, 0.4) is 0 Å². The zero-order valence-electron chi connectivity index (χ0n) is 14.4. The molecule has 0 saturated carbocycles. The van der Waals surface area contributed by atoms with Gasteiger partial charge < -0.3 is 0 Å². The standard InChI is InChI=1S/C14H36Si4/c1-11-16(5,6)18(9,10)14-12-13-17(7,8)15(2,3)4/h11H,1,12-14H2,2-10H3. The number of hydrogen-bond acceptors (Lipinski definition) is 0. The fourth-order valence-corrected chi connectivity index (χ4v) is 13.3. The minimum absolute atomic E-state index is 0.890. The van der Waals surface area contributed by atoms with Crippen LogP contribution in [0.5, 0.6) is 0 Å². The summed E-state index contributed by atoms with van der Waals surface area (Å²) in [6.07, 6.45) is 1.49. The summed E-state index contributed by atoms with van der Waals surface area (Å²) < 4.78 is 0. The molecule has 0 aliphatic rings. The van der Waals surface area contributed by atoms with Gasteiger partial charge in [0.15, 0.2) is 0 Å². The highest BCUT2D eigenvalue weighted by Crippen LogP contribution is 2.30. The first-order chi connectivity index (χ1) is 7.77. The Morgan fingerprint density at radius 2 is 1.11 bits per heavy atom. The van der Waals surface area contributed by atoms with E-state index in [4.69, 9.17) is 0 Å². The van der Waals surface area contributed by atoms with Crippen molar-refractivity contribution in [2.45, 2.75) is 77.4 Å². The summed E-state index contributed by atoms with van der Waals surface area (Å²) in [5.41, 5.74) is 2.33. The molecule has 0 nitrogen and oxygen atoms in total. The van der Waals surface area contributed by atoms with Crippen LogP contribution in [0.4, 0.5) is 0 Å². The van der Waals surface area contributed by atoms with Gasteiger partial charge in [0, 0.05) is 22.8 Å². The molecule has 0 aromatic carbocycles. The average molecular weight is 317 g/mol. The van der Waals surface area contributed by atoms with Crippen molar-refractivity contribution in [1.82, 2.24) is 0 Å². The topological polar surface area (TPSA) is 0 Å². The minimum atomic E-state index is -1.12. The van der Waals surface area contributed by atoms with E-state index in [1.165, 1.54) is 12.5 Å². The van der Waals surface area contributed by atoms with Gasteiger partial charge in [-0.25, -0.2) is 0 Å². The van der Waals surface area contributed by atoms with E-state index < -0.39 is 30.4 Å². The van der Waals surface area contributed by atoms with Crippen LogP contribution in [-0.2, 0) is 0 Å². The maximum Gasteiger partial charge on any atom is 0.0640 e. The molecule has 0 unspecified atom stereocenters. The molecule has 4 heteroatoms. The van der Waals surface area contributed by atoms with Crippen molar-refractivity contribution in [3.05, 3.63) is 12.3 Å². The minimum Gasteiger partial charge on any atom is -0.107 e. The van der Waals surface area contributed by atoms with Crippen LogP contribution in [-0.4, -0.2) is 30.4 Å². The summed E-state index contributed by atoms with van der Waals surface area (Å²) in [5.74, 6) is 0. The van der Waals surface area contributed by atoms with E-state index in [1.54, 1.807) is 6.04 Å². The van der Waals surface area contributed by atoms with E-state index >= 15 is 0 Å². The van der Waals surface area contributed by atoms with Gasteiger partial charge in [0.1, 0.15) is 0 Å². The Labute approximate surface area is 120 Å². The maximum absolute atomic E-state index is 4.11. The van der Waals surface area contributed by atoms with Gasteiger partial charge in [-0.1, -0.05) is 77.4 Å². The van der Waals surface area contributed by atoms with E-state index in [1.807, 2.05) is 0 Å². The normalized spacial score (nSPS) is 14.7. The maximum atomic E-state index is 4.11. The van der Waals surface area contributed by atoms with Gasteiger partial charge in [-0.2, -0.15) is 0 Å². The first kappa shape index (κ1) is 18.6. The van der Waals surface area contributed by atoms with Gasteiger partial charge in [0.05, 0.1) is 7.59 Å². The highest BCUT2D eigenvalue weighted by Gasteiger charge is 2.40. The van der Waals surface area contributed by atoms with Crippen molar-refractivity contribution >= 4 is 30.4 Å². The van der Waals surface area contributed by atoms with Gasteiger partial charge >= 0.3 is 0 Å². The number of hydrogen-bond donors (Lipinski definition) is 0. The molecule has 0 saturated heterocycles. The molecule has 0 aromatic heterocycles. The predicted molar refractivity (Wildman–Crippen MR) is 100 cm³/mol. The summed E-state index contributed by atoms with van der Waals surface area (Å²) in [7, 11) is -3.96. The van der Waals surface area contributed by atoms with Gasteiger partial charge in [-0.3, -0.25) is 0 Å². The molecule has 0 heterocycles. The van der Waals surface area contributed by atoms with Crippen LogP contribution in [0.1, 0.15) is 6.42 Å². The second-order valence-corrected chi connectivity index (χ2v) is 42.2. The largest absolute Gasteiger partial charge is 0.107 e. The van der Waals surface area contributed by atoms with Crippen LogP contribution in [0, 0.1) is 0 Å². The van der Waals surface area contributed by atoms with E-state index in [-0.39, 0.29) is 0 Å². The molecule has 0 aliphatic heterocycles. The second-order valence-electron chi connectivity index (χ2n) is 8.80. The molecule has 0 rings (SSSR count). The van der Waals surface area contributed by atoms with Crippen molar-refractivity contribution in [3.63, 3.8) is 0 Å². The summed E-state index contributed by atoms with van der Waals surface area (Å²) in [4.78, 5) is 0. The molecule has 0 aliphatic carbocycles. The van der Waals surface area contributed by atoms with Crippen molar-refractivity contribution in [1.29, 1.82) is 0 Å². The lowest BCUT2D eigenvalue weighted by Gasteiger charge is -2.39. The third-order valence-corrected chi connectivity index (χ3v) is 42.4. The number of rotatable bonds is 7. The van der Waals surface area contributed by atoms with Gasteiger partial charge in [0.25, 0.3) is 0 Å². The highest BCUT2D eigenvalue weighted by atomic mass is 29.3. The molecule has 0 aromatic rings. The first-order valence-electron chi connectivity index (χ1n) is 7.40. The van der Waals surface area contributed by atoms with Crippen LogP contribution >= 0.6 is 0 Å². The Morgan fingerprint density at radius 1 is 0.722 bits per heavy atom. The molecule has 0 bridgehead atoms. The lowest BCUT2D eigenvalue weighted by molar-refractivity contribution is 1.03. The van der Waals surface area contributed by atoms with Crippen LogP contribution in [0.15, 0.2) is 12.3 Å². The summed E-state index contributed by atoms with van der Waals surface area (Å²) in [6, 6.07) is 3.08. The third kappa shape index (κ3) is 4.61. The molecule has 0 atom stereocenters. The Balaban J connectivity index is 4.50. The first-order valence-corrected chi connectivity index (χ1v) is 22.4. The summed E-state index contributed by atoms with van der Waals surface area (Å²) >= 11 is 0. The molecule has 0 radical (unpaired) electrons. The van der Waals surface area contributed by atoms with Crippen LogP contribution in [0.25, 0.3) is 0 Å². The van der Waals surface area contributed by atoms with E-state index in [9.17, 15) is 0 Å². The molecular weight excluding hydrogens is 280 g/mol. The van der Waals surface area contributed by atoms with E-state index in [0.29, 0.717) is 0 Å². The van der Waals surface area contributed by atoms with Crippen molar-refractivity contribution < 1.29 is 0 Å². The zero-order chi connectivity index (χ0) is 14.8. The van der Waals surface area contributed by atoms with E-state index in [0.717, 1.165) is 0 Å². The smallest absolute Gasteiger partial charge is 0.0640 e. The van der Waals surface area contributed by atoms with Gasteiger partial charge in [-0.05, 0) is 0 Å². The Hall–Kier alpha value is 0.608. The fraction of sp³-hybridized carbons (Fsp3) is 0.857. The lowest BCUT2D eigenvalue weighted by Crippen LogP contribution is -2.54. The quantitative estimate of drug-likeness (QED) is 0.527. The van der Waals surface area contributed by atoms with Gasteiger partial charge in [0.2, 0.25) is 0 Å². The SMILES string of the molecule is C=C[Si](C)(C)[Si](C)(C)CCC[Si](C)(C)[Si](C)(C)C. The zero-order valence-corrected chi connectivity index (χ0v) is 18.4. The second kappa shape index (κ2) is 5.93. The molecule has 0 amide bonds. The van der Waals surface area contributed by atoms with E-state index in [2.05, 4.69) is 71.2 Å².